The van der Waals surface area contributed by atoms with Crippen molar-refractivity contribution in [3.05, 3.63) is 0 Å². The smallest absolute Gasteiger partial charge is 0.332 e. The van der Waals surface area contributed by atoms with Gasteiger partial charge in [0.2, 0.25) is 0 Å². The van der Waals surface area contributed by atoms with Crippen molar-refractivity contribution in [3.8, 4) is 0 Å². The fourth-order valence-corrected chi connectivity index (χ4v) is 0.700. The molecule has 2 N–H and O–H groups in total. The second kappa shape index (κ2) is 2.26. The van der Waals surface area contributed by atoms with Gasteiger partial charge in [0.05, 0.1) is 0 Å². The van der Waals surface area contributed by atoms with E-state index in [0.29, 0.717) is 0 Å². The predicted molar refractivity (Wildman–Crippen MR) is 28.5 cm³/mol. The van der Waals surface area contributed by atoms with Crippen molar-refractivity contribution in [2.75, 3.05) is 0 Å². The third kappa shape index (κ3) is 1.08. The van der Waals surface area contributed by atoms with Crippen molar-refractivity contribution in [2.24, 2.45) is 0 Å². The zero-order chi connectivity index (χ0) is 7.72. The molecule has 1 aliphatic rings. The molecule has 1 fully saturated rings. The molecule has 5 heteroatoms. The first-order valence-electron chi connectivity index (χ1n) is 2.72. The Kier molecular flexibility index (Phi) is 1.58. The molecule has 0 bridgehead atoms. The third-order valence-corrected chi connectivity index (χ3v) is 1.31. The molecule has 1 aliphatic heterocycles. The highest BCUT2D eigenvalue weighted by molar-refractivity contribution is 5.79. The zero-order valence-electron chi connectivity index (χ0n) is 4.98. The van der Waals surface area contributed by atoms with Gasteiger partial charge in [0.15, 0.2) is 12.2 Å². The molecule has 0 aromatic rings. The molecule has 1 rings (SSSR count). The van der Waals surface area contributed by atoms with Gasteiger partial charge in [-0.05, 0) is 0 Å². The number of rotatable bonds is 2. The Morgan fingerprint density at radius 1 is 1.20 bits per heavy atom. The van der Waals surface area contributed by atoms with Gasteiger partial charge in [0, 0.05) is 6.42 Å². The fourth-order valence-electron chi connectivity index (χ4n) is 0.700. The summed E-state index contributed by atoms with van der Waals surface area (Å²) in [5.41, 5.74) is 0. The minimum atomic E-state index is -1.10. The Hall–Kier alpha value is -1.10. The summed E-state index contributed by atoms with van der Waals surface area (Å²) in [6, 6.07) is 0. The van der Waals surface area contributed by atoms with Crippen molar-refractivity contribution in [1.29, 1.82) is 0 Å². The van der Waals surface area contributed by atoms with E-state index >= 15 is 0 Å². The van der Waals surface area contributed by atoms with E-state index in [1.165, 1.54) is 0 Å². The number of aliphatic carboxylic acids is 2. The molecule has 10 heavy (non-hydrogen) atoms. The van der Waals surface area contributed by atoms with Gasteiger partial charge in [-0.3, -0.25) is 0 Å². The van der Waals surface area contributed by atoms with E-state index < -0.39 is 24.1 Å². The van der Waals surface area contributed by atoms with E-state index in [9.17, 15) is 9.59 Å². The predicted octanol–water partition coefficient (Wildman–Crippen LogP) is -0.687. The Balaban J connectivity index is 2.31. The van der Waals surface area contributed by atoms with Crippen LogP contribution in [0.5, 0.6) is 0 Å². The van der Waals surface area contributed by atoms with Crippen molar-refractivity contribution < 1.29 is 24.5 Å². The summed E-state index contributed by atoms with van der Waals surface area (Å²) in [5, 5.41) is 16.4. The first kappa shape index (κ1) is 7.01. The van der Waals surface area contributed by atoms with Crippen molar-refractivity contribution in [1.82, 2.24) is 0 Å². The molecule has 5 nitrogen and oxygen atoms in total. The summed E-state index contributed by atoms with van der Waals surface area (Å²) < 4.78 is 4.46. The van der Waals surface area contributed by atoms with E-state index in [0.717, 1.165) is 0 Å². The summed E-state index contributed by atoms with van der Waals surface area (Å²) in [7, 11) is 0. The van der Waals surface area contributed by atoms with Gasteiger partial charge < -0.3 is 14.9 Å². The quantitative estimate of drug-likeness (QED) is 0.538. The number of carboxylic acids is 2. The van der Waals surface area contributed by atoms with Crippen LogP contribution in [-0.4, -0.2) is 34.4 Å². The Labute approximate surface area is 56.2 Å². The first-order chi connectivity index (χ1) is 4.61. The molecule has 56 valence electrons. The minimum Gasteiger partial charge on any atom is -0.479 e. The SMILES string of the molecule is O=C(O)C1C[C@H](C(=O)O)O1. The lowest BCUT2D eigenvalue weighted by atomic mass is 10.1. The van der Waals surface area contributed by atoms with Crippen LogP contribution in [-0.2, 0) is 14.3 Å². The van der Waals surface area contributed by atoms with Gasteiger partial charge in [-0.15, -0.1) is 0 Å². The summed E-state index contributed by atoms with van der Waals surface area (Å²) in [6.45, 7) is 0. The lowest BCUT2D eigenvalue weighted by molar-refractivity contribution is -0.192. The summed E-state index contributed by atoms with van der Waals surface area (Å²) in [5.74, 6) is -2.20. The van der Waals surface area contributed by atoms with E-state index in [1.807, 2.05) is 0 Å². The Bertz CT molecular complexity index is 151. The molecule has 0 aliphatic carbocycles. The Morgan fingerprint density at radius 3 is 1.70 bits per heavy atom. The number of carbonyl (C=O) groups is 2. The van der Waals surface area contributed by atoms with E-state index in [1.54, 1.807) is 0 Å². The fraction of sp³-hybridized carbons (Fsp3) is 0.600. The molecular weight excluding hydrogens is 140 g/mol. The lowest BCUT2D eigenvalue weighted by Crippen LogP contribution is -2.47. The zero-order valence-corrected chi connectivity index (χ0v) is 4.98. The molecule has 1 unspecified atom stereocenters. The highest BCUT2D eigenvalue weighted by atomic mass is 16.6. The van der Waals surface area contributed by atoms with Crippen LogP contribution in [0, 0.1) is 0 Å². The van der Waals surface area contributed by atoms with Gasteiger partial charge in [0.25, 0.3) is 0 Å². The molecular formula is C5H6O5. The van der Waals surface area contributed by atoms with Crippen molar-refractivity contribution >= 4 is 11.9 Å². The molecule has 0 aromatic heterocycles. The molecule has 1 heterocycles. The number of hydrogen-bond acceptors (Lipinski definition) is 3. The summed E-state index contributed by atoms with van der Waals surface area (Å²) in [4.78, 5) is 20.1. The molecule has 0 radical (unpaired) electrons. The standard InChI is InChI=1S/C5H6O5/c6-4(7)2-1-3(10-2)5(8)9/h2-3H,1H2,(H,6,7)(H,8,9)/t2-,3?/m1/s1. The summed E-state index contributed by atoms with van der Waals surface area (Å²) in [6.07, 6.45) is -1.76. The Morgan fingerprint density at radius 2 is 1.50 bits per heavy atom. The van der Waals surface area contributed by atoms with Crippen LogP contribution in [0.2, 0.25) is 0 Å². The van der Waals surface area contributed by atoms with Crippen LogP contribution >= 0.6 is 0 Å². The number of carboxylic acid groups (broad SMARTS) is 2. The molecule has 1 saturated heterocycles. The second-order valence-electron chi connectivity index (χ2n) is 2.03. The monoisotopic (exact) mass is 146 g/mol. The van der Waals surface area contributed by atoms with Crippen molar-refractivity contribution in [2.45, 2.75) is 18.6 Å². The topological polar surface area (TPSA) is 83.8 Å². The lowest BCUT2D eigenvalue weighted by Gasteiger charge is -2.29. The number of ether oxygens (including phenoxy) is 1. The largest absolute Gasteiger partial charge is 0.479 e. The van der Waals surface area contributed by atoms with Crippen LogP contribution in [0.3, 0.4) is 0 Å². The van der Waals surface area contributed by atoms with E-state index in [-0.39, 0.29) is 6.42 Å². The molecule has 0 saturated carbocycles. The van der Waals surface area contributed by atoms with E-state index in [2.05, 4.69) is 4.74 Å². The summed E-state index contributed by atoms with van der Waals surface area (Å²) >= 11 is 0. The van der Waals surface area contributed by atoms with Crippen LogP contribution in [0.25, 0.3) is 0 Å². The molecule has 0 aromatic carbocycles. The molecule has 2 atom stereocenters. The second-order valence-corrected chi connectivity index (χ2v) is 2.03. The highest BCUT2D eigenvalue weighted by Crippen LogP contribution is 2.20. The van der Waals surface area contributed by atoms with Gasteiger partial charge in [-0.2, -0.15) is 0 Å². The average Bonchev–Trinajstić information content (AvgIpc) is 1.56. The number of hydrogen-bond donors (Lipinski definition) is 2. The van der Waals surface area contributed by atoms with Crippen LogP contribution < -0.4 is 0 Å². The molecule has 0 spiro atoms. The van der Waals surface area contributed by atoms with Crippen LogP contribution in [0.15, 0.2) is 0 Å². The maximum atomic E-state index is 10.0. The first-order valence-corrected chi connectivity index (χ1v) is 2.72. The minimum absolute atomic E-state index is 0.0741. The van der Waals surface area contributed by atoms with Gasteiger partial charge in [-0.1, -0.05) is 0 Å². The van der Waals surface area contributed by atoms with Crippen molar-refractivity contribution in [3.63, 3.8) is 0 Å². The van der Waals surface area contributed by atoms with Crippen LogP contribution in [0.4, 0.5) is 0 Å². The molecule has 0 amide bonds. The normalized spacial score (nSPS) is 30.8. The average molecular weight is 146 g/mol. The van der Waals surface area contributed by atoms with Gasteiger partial charge in [0.1, 0.15) is 0 Å². The maximum absolute atomic E-state index is 10.0. The maximum Gasteiger partial charge on any atom is 0.332 e. The van der Waals surface area contributed by atoms with Crippen LogP contribution in [0.1, 0.15) is 6.42 Å². The third-order valence-electron chi connectivity index (χ3n) is 1.31. The van der Waals surface area contributed by atoms with E-state index in [4.69, 9.17) is 10.2 Å². The van der Waals surface area contributed by atoms with Gasteiger partial charge in [-0.25, -0.2) is 9.59 Å². The highest BCUT2D eigenvalue weighted by Gasteiger charge is 2.39. The van der Waals surface area contributed by atoms with Gasteiger partial charge >= 0.3 is 11.9 Å².